The fourth-order valence-electron chi connectivity index (χ4n) is 2.20. The van der Waals surface area contributed by atoms with Gasteiger partial charge in [0, 0.05) is 37.8 Å². The van der Waals surface area contributed by atoms with E-state index in [-0.39, 0.29) is 0 Å². The summed E-state index contributed by atoms with van der Waals surface area (Å²) in [4.78, 5) is 6.56. The highest BCUT2D eigenvalue weighted by Gasteiger charge is 2.38. The molecule has 1 aromatic rings. The lowest BCUT2D eigenvalue weighted by molar-refractivity contribution is 0.297. The molecule has 0 unspecified atom stereocenters. The highest BCUT2D eigenvalue weighted by atomic mass is 15.2. The van der Waals surface area contributed by atoms with Crippen molar-refractivity contribution in [1.29, 1.82) is 0 Å². The van der Waals surface area contributed by atoms with Gasteiger partial charge in [-0.25, -0.2) is 0 Å². The molecule has 0 amide bonds. The minimum atomic E-state index is 0.736. The first kappa shape index (κ1) is 7.33. The molecule has 0 spiro atoms. The summed E-state index contributed by atoms with van der Waals surface area (Å²) in [5.41, 5.74) is 1.26. The van der Waals surface area contributed by atoms with Gasteiger partial charge in [-0.05, 0) is 12.1 Å². The molecular formula is C10H13N3. The third kappa shape index (κ3) is 1.11. The number of anilines is 1. The van der Waals surface area contributed by atoms with Gasteiger partial charge in [-0.1, -0.05) is 0 Å². The average molecular weight is 175 g/mol. The predicted octanol–water partition coefficient (Wildman–Crippen LogP) is 0.490. The van der Waals surface area contributed by atoms with Crippen LogP contribution in [0.4, 0.5) is 5.69 Å². The molecule has 1 N–H and O–H groups in total. The summed E-state index contributed by atoms with van der Waals surface area (Å²) in [7, 11) is 0. The summed E-state index contributed by atoms with van der Waals surface area (Å²) in [6.45, 7) is 3.54. The molecule has 0 aliphatic carbocycles. The molecule has 2 atom stereocenters. The van der Waals surface area contributed by atoms with E-state index in [1.54, 1.807) is 0 Å². The third-order valence-corrected chi connectivity index (χ3v) is 3.09. The first-order valence-corrected chi connectivity index (χ1v) is 4.82. The van der Waals surface area contributed by atoms with Crippen molar-refractivity contribution in [3.63, 3.8) is 0 Å². The maximum atomic E-state index is 4.14. The Bertz CT molecular complexity index is 286. The van der Waals surface area contributed by atoms with Gasteiger partial charge in [0.2, 0.25) is 0 Å². The van der Waals surface area contributed by atoms with E-state index in [1.165, 1.54) is 18.8 Å². The van der Waals surface area contributed by atoms with Crippen LogP contribution in [0.1, 0.15) is 0 Å². The lowest BCUT2D eigenvalue weighted by Crippen LogP contribution is -2.51. The summed E-state index contributed by atoms with van der Waals surface area (Å²) in [6.07, 6.45) is 3.77. The van der Waals surface area contributed by atoms with Crippen molar-refractivity contribution in [2.75, 3.05) is 24.5 Å². The van der Waals surface area contributed by atoms with Crippen molar-refractivity contribution in [2.45, 2.75) is 6.04 Å². The van der Waals surface area contributed by atoms with Crippen LogP contribution in [0, 0.1) is 5.92 Å². The van der Waals surface area contributed by atoms with Crippen molar-refractivity contribution in [1.82, 2.24) is 10.3 Å². The Morgan fingerprint density at radius 2 is 2.46 bits per heavy atom. The molecule has 0 bridgehead atoms. The van der Waals surface area contributed by atoms with Crippen LogP contribution >= 0.6 is 0 Å². The number of fused-ring (bicyclic) bond motifs is 1. The molecule has 2 aliphatic heterocycles. The molecule has 1 aromatic heterocycles. The topological polar surface area (TPSA) is 28.2 Å². The Hall–Kier alpha value is -1.09. The Labute approximate surface area is 77.8 Å². The van der Waals surface area contributed by atoms with Crippen molar-refractivity contribution in [3.05, 3.63) is 24.5 Å². The molecule has 3 nitrogen and oxygen atoms in total. The number of aromatic nitrogens is 1. The minimum Gasteiger partial charge on any atom is -0.368 e. The van der Waals surface area contributed by atoms with Crippen LogP contribution < -0.4 is 10.2 Å². The van der Waals surface area contributed by atoms with E-state index in [0.717, 1.165) is 18.5 Å². The van der Waals surface area contributed by atoms with E-state index < -0.39 is 0 Å². The third-order valence-electron chi connectivity index (χ3n) is 3.09. The number of nitrogens with one attached hydrogen (secondary N) is 1. The Kier molecular flexibility index (Phi) is 1.52. The molecule has 2 aliphatic rings. The molecule has 0 radical (unpaired) electrons. The standard InChI is InChI=1S/C10H13N3/c1-2-9(5-11-3-1)13-6-8-4-12-10(8)7-13/h1-3,5,8,10,12H,4,6-7H2/t8-,10+/m1/s1. The van der Waals surface area contributed by atoms with Crippen LogP contribution in [0.3, 0.4) is 0 Å². The smallest absolute Gasteiger partial charge is 0.0553 e. The fraction of sp³-hybridized carbons (Fsp3) is 0.500. The van der Waals surface area contributed by atoms with E-state index in [0.29, 0.717) is 0 Å². The molecule has 3 heterocycles. The molecule has 0 aromatic carbocycles. The van der Waals surface area contributed by atoms with E-state index in [1.807, 2.05) is 18.5 Å². The van der Waals surface area contributed by atoms with Gasteiger partial charge in [0.05, 0.1) is 11.9 Å². The monoisotopic (exact) mass is 175 g/mol. The average Bonchev–Trinajstić information content (AvgIpc) is 2.45. The maximum Gasteiger partial charge on any atom is 0.0553 e. The van der Waals surface area contributed by atoms with E-state index in [4.69, 9.17) is 0 Å². The van der Waals surface area contributed by atoms with Crippen LogP contribution in [0.5, 0.6) is 0 Å². The van der Waals surface area contributed by atoms with Crippen LogP contribution in [-0.2, 0) is 0 Å². The molecule has 2 fully saturated rings. The van der Waals surface area contributed by atoms with Crippen molar-refractivity contribution in [3.8, 4) is 0 Å². The molecule has 0 saturated carbocycles. The predicted molar refractivity (Wildman–Crippen MR) is 51.7 cm³/mol. The molecule has 13 heavy (non-hydrogen) atoms. The summed E-state index contributed by atoms with van der Waals surface area (Å²) >= 11 is 0. The highest BCUT2D eigenvalue weighted by Crippen LogP contribution is 2.27. The van der Waals surface area contributed by atoms with Gasteiger partial charge in [-0.15, -0.1) is 0 Å². The van der Waals surface area contributed by atoms with Gasteiger partial charge >= 0.3 is 0 Å². The number of hydrogen-bond donors (Lipinski definition) is 1. The first-order chi connectivity index (χ1) is 6.43. The molecule has 3 heteroatoms. The summed E-state index contributed by atoms with van der Waals surface area (Å²) in [6, 6.07) is 4.88. The zero-order valence-electron chi connectivity index (χ0n) is 7.48. The van der Waals surface area contributed by atoms with Gasteiger partial charge in [0.1, 0.15) is 0 Å². The minimum absolute atomic E-state index is 0.736. The van der Waals surface area contributed by atoms with Gasteiger partial charge in [0.15, 0.2) is 0 Å². The van der Waals surface area contributed by atoms with Crippen LogP contribution in [0.25, 0.3) is 0 Å². The molecule has 3 rings (SSSR count). The zero-order chi connectivity index (χ0) is 8.67. The summed E-state index contributed by atoms with van der Waals surface area (Å²) < 4.78 is 0. The van der Waals surface area contributed by atoms with E-state index in [9.17, 15) is 0 Å². The number of rotatable bonds is 1. The summed E-state index contributed by atoms with van der Waals surface area (Å²) in [5, 5.41) is 3.45. The summed E-state index contributed by atoms with van der Waals surface area (Å²) in [5.74, 6) is 0.875. The van der Waals surface area contributed by atoms with Crippen molar-refractivity contribution < 1.29 is 0 Å². The normalized spacial score (nSPS) is 31.2. The quantitative estimate of drug-likeness (QED) is 0.673. The Morgan fingerprint density at radius 1 is 1.46 bits per heavy atom. The van der Waals surface area contributed by atoms with Crippen LogP contribution in [-0.4, -0.2) is 30.7 Å². The van der Waals surface area contributed by atoms with Gasteiger partial charge in [0.25, 0.3) is 0 Å². The first-order valence-electron chi connectivity index (χ1n) is 4.82. The second-order valence-electron chi connectivity index (χ2n) is 3.89. The van der Waals surface area contributed by atoms with E-state index in [2.05, 4.69) is 21.3 Å². The van der Waals surface area contributed by atoms with Gasteiger partial charge in [-0.3, -0.25) is 4.98 Å². The highest BCUT2D eigenvalue weighted by molar-refractivity contribution is 5.46. The van der Waals surface area contributed by atoms with Crippen molar-refractivity contribution in [2.24, 2.45) is 5.92 Å². The van der Waals surface area contributed by atoms with Crippen molar-refractivity contribution >= 4 is 5.69 Å². The fourth-order valence-corrected chi connectivity index (χ4v) is 2.20. The molecule has 68 valence electrons. The number of pyridine rings is 1. The molecular weight excluding hydrogens is 162 g/mol. The van der Waals surface area contributed by atoms with Crippen LogP contribution in [0.15, 0.2) is 24.5 Å². The zero-order valence-corrected chi connectivity index (χ0v) is 7.48. The van der Waals surface area contributed by atoms with Gasteiger partial charge in [-0.2, -0.15) is 0 Å². The lowest BCUT2D eigenvalue weighted by Gasteiger charge is -2.29. The van der Waals surface area contributed by atoms with Gasteiger partial charge < -0.3 is 10.2 Å². The maximum absolute atomic E-state index is 4.14. The second kappa shape index (κ2) is 2.70. The van der Waals surface area contributed by atoms with E-state index >= 15 is 0 Å². The SMILES string of the molecule is c1cncc(N2C[C@H]3CN[C@H]3C2)c1. The number of hydrogen-bond acceptors (Lipinski definition) is 3. The largest absolute Gasteiger partial charge is 0.368 e. The Balaban J connectivity index is 1.80. The number of nitrogens with zero attached hydrogens (tertiary/aromatic N) is 2. The Morgan fingerprint density at radius 3 is 3.00 bits per heavy atom. The lowest BCUT2D eigenvalue weighted by atomic mass is 9.96. The van der Waals surface area contributed by atoms with Crippen LogP contribution in [0.2, 0.25) is 0 Å². The second-order valence-corrected chi connectivity index (χ2v) is 3.89. The molecule has 2 saturated heterocycles.